The summed E-state index contributed by atoms with van der Waals surface area (Å²) in [7, 11) is 0. The number of hydrogen-bond acceptors (Lipinski definition) is 2. The fraction of sp³-hybridized carbons (Fsp3) is 0.933. The Morgan fingerprint density at radius 1 is 1.12 bits per heavy atom. The topological polar surface area (TPSA) is 26.3 Å². The Hall–Kier alpha value is -0.530. The second-order valence-corrected chi connectivity index (χ2v) is 7.05. The highest BCUT2D eigenvalue weighted by molar-refractivity contribution is 5.72. The zero-order valence-electron chi connectivity index (χ0n) is 12.9. The number of ether oxygens (including phenoxy) is 1. The fourth-order valence-electron chi connectivity index (χ4n) is 1.59. The van der Waals surface area contributed by atoms with E-state index in [-0.39, 0.29) is 22.9 Å². The van der Waals surface area contributed by atoms with Crippen LogP contribution in [0.5, 0.6) is 0 Å². The van der Waals surface area contributed by atoms with Crippen molar-refractivity contribution in [2.45, 2.75) is 73.8 Å². The van der Waals surface area contributed by atoms with Gasteiger partial charge in [0.15, 0.2) is 0 Å². The second kappa shape index (κ2) is 5.88. The molecule has 0 aliphatic heterocycles. The highest BCUT2D eigenvalue weighted by Gasteiger charge is 2.31. The molecule has 17 heavy (non-hydrogen) atoms. The molecule has 0 radical (unpaired) electrons. The molecule has 0 rings (SSSR count). The quantitative estimate of drug-likeness (QED) is 0.667. The summed E-state index contributed by atoms with van der Waals surface area (Å²) in [6.45, 7) is 16.7. The summed E-state index contributed by atoms with van der Waals surface area (Å²) < 4.78 is 5.66. The third-order valence-electron chi connectivity index (χ3n) is 3.44. The third-order valence-corrected chi connectivity index (χ3v) is 3.44. The van der Waals surface area contributed by atoms with Crippen LogP contribution in [-0.2, 0) is 9.53 Å². The molecule has 1 unspecified atom stereocenters. The Bertz CT molecular complexity index is 246. The van der Waals surface area contributed by atoms with Crippen molar-refractivity contribution in [3.05, 3.63) is 0 Å². The number of hydrogen-bond donors (Lipinski definition) is 0. The van der Waals surface area contributed by atoms with E-state index in [1.807, 2.05) is 13.8 Å². The first kappa shape index (κ1) is 16.5. The molecule has 0 bridgehead atoms. The molecule has 0 aromatic rings. The maximum Gasteiger partial charge on any atom is 0.309 e. The van der Waals surface area contributed by atoms with Crippen LogP contribution in [0.3, 0.4) is 0 Å². The third kappa shape index (κ3) is 6.09. The second-order valence-electron chi connectivity index (χ2n) is 7.05. The molecule has 0 amide bonds. The van der Waals surface area contributed by atoms with Gasteiger partial charge in [-0.05, 0) is 38.0 Å². The molecule has 1 atom stereocenters. The molecular weight excluding hydrogens is 212 g/mol. The van der Waals surface area contributed by atoms with E-state index in [2.05, 4.69) is 41.5 Å². The summed E-state index contributed by atoms with van der Waals surface area (Å²) in [5.41, 5.74) is -0.204. The van der Waals surface area contributed by atoms with Crippen molar-refractivity contribution in [3.8, 4) is 0 Å². The minimum absolute atomic E-state index is 0.0213. The van der Waals surface area contributed by atoms with Gasteiger partial charge >= 0.3 is 5.97 Å². The molecule has 2 nitrogen and oxygen atoms in total. The van der Waals surface area contributed by atoms with Gasteiger partial charge in [0.05, 0.1) is 5.92 Å². The van der Waals surface area contributed by atoms with Gasteiger partial charge in [0.25, 0.3) is 0 Å². The number of carbonyl (C=O) groups excluding carboxylic acids is 1. The van der Waals surface area contributed by atoms with Gasteiger partial charge in [-0.25, -0.2) is 0 Å². The SMILES string of the molecule is CCC(CC(C)(C)C)C(=O)OC(C)(C)C(C)C. The lowest BCUT2D eigenvalue weighted by molar-refractivity contribution is -0.167. The first-order chi connectivity index (χ1) is 7.49. The first-order valence-corrected chi connectivity index (χ1v) is 6.72. The van der Waals surface area contributed by atoms with Crippen molar-refractivity contribution < 1.29 is 9.53 Å². The van der Waals surface area contributed by atoms with Crippen LogP contribution in [0.1, 0.15) is 68.2 Å². The average molecular weight is 242 g/mol. The van der Waals surface area contributed by atoms with Gasteiger partial charge in [0, 0.05) is 0 Å². The smallest absolute Gasteiger partial charge is 0.309 e. The molecule has 0 N–H and O–H groups in total. The normalized spacial score (nSPS) is 14.9. The molecule has 0 fully saturated rings. The van der Waals surface area contributed by atoms with Crippen LogP contribution in [0.25, 0.3) is 0 Å². The predicted octanol–water partition coefficient (Wildman–Crippen LogP) is 4.43. The van der Waals surface area contributed by atoms with Crippen molar-refractivity contribution in [2.75, 3.05) is 0 Å². The molecule has 0 aromatic heterocycles. The minimum Gasteiger partial charge on any atom is -0.459 e. The molecule has 0 saturated carbocycles. The van der Waals surface area contributed by atoms with Crippen molar-refractivity contribution in [2.24, 2.45) is 17.3 Å². The summed E-state index contributed by atoms with van der Waals surface area (Å²) in [5, 5.41) is 0. The van der Waals surface area contributed by atoms with E-state index in [0.717, 1.165) is 12.8 Å². The molecule has 0 saturated heterocycles. The van der Waals surface area contributed by atoms with Gasteiger partial charge in [-0.1, -0.05) is 41.5 Å². The van der Waals surface area contributed by atoms with E-state index < -0.39 is 0 Å². The molecular formula is C15H30O2. The van der Waals surface area contributed by atoms with Crippen molar-refractivity contribution in [1.29, 1.82) is 0 Å². The summed E-state index contributed by atoms with van der Waals surface area (Å²) in [6, 6.07) is 0. The van der Waals surface area contributed by atoms with Crippen LogP contribution in [0.4, 0.5) is 0 Å². The molecule has 0 aliphatic carbocycles. The van der Waals surface area contributed by atoms with Crippen LogP contribution >= 0.6 is 0 Å². The van der Waals surface area contributed by atoms with Crippen LogP contribution in [0.2, 0.25) is 0 Å². The molecule has 0 aliphatic rings. The van der Waals surface area contributed by atoms with Gasteiger partial charge in [0.1, 0.15) is 5.60 Å². The number of carbonyl (C=O) groups is 1. The van der Waals surface area contributed by atoms with Crippen LogP contribution in [0.15, 0.2) is 0 Å². The van der Waals surface area contributed by atoms with Gasteiger partial charge in [-0.15, -0.1) is 0 Å². The minimum atomic E-state index is -0.373. The lowest BCUT2D eigenvalue weighted by Gasteiger charge is -2.32. The standard InChI is InChI=1S/C15H30O2/c1-9-12(10-14(4,5)6)13(16)17-15(7,8)11(2)3/h11-12H,9-10H2,1-8H3. The van der Waals surface area contributed by atoms with Crippen LogP contribution in [-0.4, -0.2) is 11.6 Å². The summed E-state index contributed by atoms with van der Waals surface area (Å²) in [5.74, 6) is 0.313. The van der Waals surface area contributed by atoms with Crippen molar-refractivity contribution >= 4 is 5.97 Å². The Labute approximate surface area is 107 Å². The maximum atomic E-state index is 12.1. The van der Waals surface area contributed by atoms with E-state index in [1.54, 1.807) is 0 Å². The lowest BCUT2D eigenvalue weighted by Crippen LogP contribution is -2.36. The summed E-state index contributed by atoms with van der Waals surface area (Å²) >= 11 is 0. The van der Waals surface area contributed by atoms with Crippen LogP contribution < -0.4 is 0 Å². The summed E-state index contributed by atoms with van der Waals surface area (Å²) in [4.78, 5) is 12.1. The lowest BCUT2D eigenvalue weighted by atomic mass is 9.83. The molecule has 0 aromatic carbocycles. The van der Waals surface area contributed by atoms with E-state index in [0.29, 0.717) is 5.92 Å². The van der Waals surface area contributed by atoms with Crippen molar-refractivity contribution in [1.82, 2.24) is 0 Å². The number of rotatable bonds is 5. The monoisotopic (exact) mass is 242 g/mol. The van der Waals surface area contributed by atoms with Crippen LogP contribution in [0, 0.1) is 17.3 Å². The Balaban J connectivity index is 4.57. The number of esters is 1. The van der Waals surface area contributed by atoms with E-state index in [9.17, 15) is 4.79 Å². The molecule has 0 spiro atoms. The molecule has 0 heterocycles. The molecule has 102 valence electrons. The largest absolute Gasteiger partial charge is 0.459 e. The predicted molar refractivity (Wildman–Crippen MR) is 72.9 cm³/mol. The van der Waals surface area contributed by atoms with E-state index in [1.165, 1.54) is 0 Å². The maximum absolute atomic E-state index is 12.1. The summed E-state index contributed by atoms with van der Waals surface area (Å²) in [6.07, 6.45) is 1.74. The van der Waals surface area contributed by atoms with Gasteiger partial charge in [0.2, 0.25) is 0 Å². The molecule has 2 heteroatoms. The Morgan fingerprint density at radius 3 is 1.88 bits per heavy atom. The Morgan fingerprint density at radius 2 is 1.59 bits per heavy atom. The fourth-order valence-corrected chi connectivity index (χ4v) is 1.59. The average Bonchev–Trinajstić information content (AvgIpc) is 2.11. The first-order valence-electron chi connectivity index (χ1n) is 6.72. The van der Waals surface area contributed by atoms with Gasteiger partial charge in [-0.2, -0.15) is 0 Å². The zero-order chi connectivity index (χ0) is 13.9. The van der Waals surface area contributed by atoms with E-state index in [4.69, 9.17) is 4.74 Å². The van der Waals surface area contributed by atoms with Gasteiger partial charge < -0.3 is 4.74 Å². The van der Waals surface area contributed by atoms with Crippen molar-refractivity contribution in [3.63, 3.8) is 0 Å². The van der Waals surface area contributed by atoms with Gasteiger partial charge in [-0.3, -0.25) is 4.79 Å². The van der Waals surface area contributed by atoms with E-state index >= 15 is 0 Å². The Kier molecular flexibility index (Phi) is 5.70. The zero-order valence-corrected chi connectivity index (χ0v) is 12.9. The highest BCUT2D eigenvalue weighted by atomic mass is 16.6. The highest BCUT2D eigenvalue weighted by Crippen LogP contribution is 2.29.